The number of carbonyl (C=O) groups excluding carboxylic acids is 1. The maximum Gasteiger partial charge on any atom is 0.248 e. The summed E-state index contributed by atoms with van der Waals surface area (Å²) in [5.41, 5.74) is 0.848. The van der Waals surface area contributed by atoms with Crippen molar-refractivity contribution >= 4 is 5.91 Å². The Bertz CT molecular complexity index is 706. The average molecular weight is 320 g/mol. The number of nitrogens with one attached hydrogen (secondary N) is 1. The number of pyridine rings is 1. The summed E-state index contributed by atoms with van der Waals surface area (Å²) < 4.78 is 27.4. The molecular formula is C16H18F2N4O. The third-order valence-electron chi connectivity index (χ3n) is 4.05. The zero-order chi connectivity index (χ0) is 16.4. The van der Waals surface area contributed by atoms with Gasteiger partial charge in [-0.3, -0.25) is 9.36 Å². The summed E-state index contributed by atoms with van der Waals surface area (Å²) in [5, 5.41) is 2.79. The van der Waals surface area contributed by atoms with Crippen molar-refractivity contribution in [2.24, 2.45) is 5.92 Å². The molecule has 0 aromatic carbocycles. The van der Waals surface area contributed by atoms with E-state index in [1.807, 2.05) is 17.6 Å². The third kappa shape index (κ3) is 3.55. The van der Waals surface area contributed by atoms with Crippen LogP contribution in [0.5, 0.6) is 0 Å². The van der Waals surface area contributed by atoms with E-state index in [0.717, 1.165) is 11.4 Å². The van der Waals surface area contributed by atoms with Crippen LogP contribution in [0.3, 0.4) is 0 Å². The maximum absolute atomic E-state index is 12.8. The number of rotatable bonds is 5. The van der Waals surface area contributed by atoms with Crippen LogP contribution in [0.2, 0.25) is 0 Å². The Kier molecular flexibility index (Phi) is 4.11. The van der Waals surface area contributed by atoms with Gasteiger partial charge in [-0.1, -0.05) is 6.07 Å². The van der Waals surface area contributed by atoms with E-state index in [4.69, 9.17) is 0 Å². The van der Waals surface area contributed by atoms with Gasteiger partial charge in [-0.25, -0.2) is 18.7 Å². The molecule has 23 heavy (non-hydrogen) atoms. The van der Waals surface area contributed by atoms with Gasteiger partial charge in [0.25, 0.3) is 0 Å². The second kappa shape index (κ2) is 6.06. The number of halogens is 2. The predicted molar refractivity (Wildman–Crippen MR) is 80.2 cm³/mol. The second-order valence-corrected chi connectivity index (χ2v) is 5.94. The molecular weight excluding hydrogens is 302 g/mol. The van der Waals surface area contributed by atoms with E-state index in [-0.39, 0.29) is 31.1 Å². The molecule has 0 bridgehead atoms. The highest BCUT2D eigenvalue weighted by molar-refractivity contribution is 5.76. The van der Waals surface area contributed by atoms with Crippen molar-refractivity contribution in [2.45, 2.75) is 38.7 Å². The molecule has 0 aliphatic heterocycles. The van der Waals surface area contributed by atoms with Crippen LogP contribution < -0.4 is 5.32 Å². The third-order valence-corrected chi connectivity index (χ3v) is 4.05. The van der Waals surface area contributed by atoms with Gasteiger partial charge < -0.3 is 5.32 Å². The van der Waals surface area contributed by atoms with E-state index in [9.17, 15) is 13.6 Å². The maximum atomic E-state index is 12.8. The van der Waals surface area contributed by atoms with Crippen molar-refractivity contribution < 1.29 is 13.6 Å². The second-order valence-electron chi connectivity index (χ2n) is 5.94. The highest BCUT2D eigenvalue weighted by Gasteiger charge is 2.45. The highest BCUT2D eigenvalue weighted by Crippen LogP contribution is 2.43. The van der Waals surface area contributed by atoms with Crippen LogP contribution in [0.4, 0.5) is 8.78 Å². The zero-order valence-electron chi connectivity index (χ0n) is 12.8. The SMILES string of the molecule is Cc1nccn1-c1ncccc1CNC(=O)CC1CC(F)(F)C1. The van der Waals surface area contributed by atoms with Gasteiger partial charge in [0, 0.05) is 50.0 Å². The monoisotopic (exact) mass is 320 g/mol. The Morgan fingerprint density at radius 2 is 2.17 bits per heavy atom. The molecule has 1 fully saturated rings. The number of amides is 1. The molecule has 2 aromatic rings. The molecule has 0 saturated heterocycles. The van der Waals surface area contributed by atoms with Gasteiger partial charge in [0.15, 0.2) is 0 Å². The number of hydrogen-bond acceptors (Lipinski definition) is 3. The number of nitrogens with zero attached hydrogens (tertiary/aromatic N) is 3. The largest absolute Gasteiger partial charge is 0.352 e. The summed E-state index contributed by atoms with van der Waals surface area (Å²) in [4.78, 5) is 20.4. The quantitative estimate of drug-likeness (QED) is 0.921. The summed E-state index contributed by atoms with van der Waals surface area (Å²) in [7, 11) is 0. The van der Waals surface area contributed by atoms with Gasteiger partial charge >= 0.3 is 0 Å². The van der Waals surface area contributed by atoms with Gasteiger partial charge in [0.1, 0.15) is 11.6 Å². The molecule has 1 saturated carbocycles. The van der Waals surface area contributed by atoms with Crippen molar-refractivity contribution in [1.82, 2.24) is 19.9 Å². The van der Waals surface area contributed by atoms with Gasteiger partial charge in [0.05, 0.1) is 0 Å². The van der Waals surface area contributed by atoms with Crippen molar-refractivity contribution in [3.8, 4) is 5.82 Å². The average Bonchev–Trinajstić information content (AvgIpc) is 2.89. The van der Waals surface area contributed by atoms with Crippen LogP contribution >= 0.6 is 0 Å². The summed E-state index contributed by atoms with van der Waals surface area (Å²) in [6.45, 7) is 2.18. The number of alkyl halides is 2. The zero-order valence-corrected chi connectivity index (χ0v) is 12.8. The smallest absolute Gasteiger partial charge is 0.248 e. The van der Waals surface area contributed by atoms with E-state index in [2.05, 4.69) is 15.3 Å². The Hall–Kier alpha value is -2.31. The molecule has 0 unspecified atom stereocenters. The van der Waals surface area contributed by atoms with Gasteiger partial charge in [0.2, 0.25) is 11.8 Å². The normalized spacial score (nSPS) is 16.8. The van der Waals surface area contributed by atoms with Crippen LogP contribution in [0.25, 0.3) is 5.82 Å². The van der Waals surface area contributed by atoms with Crippen LogP contribution in [0, 0.1) is 12.8 Å². The van der Waals surface area contributed by atoms with E-state index in [0.29, 0.717) is 12.4 Å². The first-order valence-corrected chi connectivity index (χ1v) is 7.53. The van der Waals surface area contributed by atoms with E-state index in [1.165, 1.54) is 0 Å². The summed E-state index contributed by atoms with van der Waals surface area (Å²) in [6, 6.07) is 3.67. The van der Waals surface area contributed by atoms with Gasteiger partial charge in [-0.2, -0.15) is 0 Å². The lowest BCUT2D eigenvalue weighted by Crippen LogP contribution is -2.38. The fourth-order valence-corrected chi connectivity index (χ4v) is 2.84. The van der Waals surface area contributed by atoms with Crippen LogP contribution in [-0.4, -0.2) is 26.4 Å². The first-order valence-electron chi connectivity index (χ1n) is 7.53. The summed E-state index contributed by atoms with van der Waals surface area (Å²) in [5.74, 6) is -1.50. The van der Waals surface area contributed by atoms with Crippen molar-refractivity contribution in [3.05, 3.63) is 42.1 Å². The fraction of sp³-hybridized carbons (Fsp3) is 0.438. The highest BCUT2D eigenvalue weighted by atomic mass is 19.3. The topological polar surface area (TPSA) is 59.8 Å². The number of aromatic nitrogens is 3. The minimum atomic E-state index is -2.58. The minimum Gasteiger partial charge on any atom is -0.352 e. The van der Waals surface area contributed by atoms with Crippen LogP contribution in [0.1, 0.15) is 30.7 Å². The van der Waals surface area contributed by atoms with E-state index in [1.54, 1.807) is 24.7 Å². The van der Waals surface area contributed by atoms with Crippen LogP contribution in [-0.2, 0) is 11.3 Å². The molecule has 1 N–H and O–H groups in total. The molecule has 1 amide bonds. The summed E-state index contributed by atoms with van der Waals surface area (Å²) in [6.07, 6.45) is 4.94. The fourth-order valence-electron chi connectivity index (χ4n) is 2.84. The molecule has 122 valence electrons. The van der Waals surface area contributed by atoms with Gasteiger partial charge in [-0.15, -0.1) is 0 Å². The van der Waals surface area contributed by atoms with Crippen molar-refractivity contribution in [1.29, 1.82) is 0 Å². The molecule has 7 heteroatoms. The molecule has 2 heterocycles. The lowest BCUT2D eigenvalue weighted by molar-refractivity contribution is -0.133. The Labute approximate surface area is 132 Å². The Morgan fingerprint density at radius 3 is 2.83 bits per heavy atom. The number of imidazole rings is 1. The lowest BCUT2D eigenvalue weighted by atomic mass is 9.79. The number of aryl methyl sites for hydroxylation is 1. The molecule has 1 aliphatic carbocycles. The predicted octanol–water partition coefficient (Wildman–Crippen LogP) is 2.63. The van der Waals surface area contributed by atoms with E-state index >= 15 is 0 Å². The first-order chi connectivity index (χ1) is 10.9. The molecule has 0 radical (unpaired) electrons. The van der Waals surface area contributed by atoms with Crippen LogP contribution in [0.15, 0.2) is 30.7 Å². The lowest BCUT2D eigenvalue weighted by Gasteiger charge is -2.34. The molecule has 2 aromatic heterocycles. The van der Waals surface area contributed by atoms with Crippen molar-refractivity contribution in [2.75, 3.05) is 0 Å². The number of carbonyl (C=O) groups is 1. The first kappa shape index (κ1) is 15.6. The Balaban J connectivity index is 1.61. The van der Waals surface area contributed by atoms with E-state index < -0.39 is 5.92 Å². The molecule has 0 spiro atoms. The molecule has 0 atom stereocenters. The molecule has 1 aliphatic rings. The molecule has 3 rings (SSSR count). The Morgan fingerprint density at radius 1 is 1.39 bits per heavy atom. The molecule has 5 nitrogen and oxygen atoms in total. The van der Waals surface area contributed by atoms with Crippen molar-refractivity contribution in [3.63, 3.8) is 0 Å². The number of hydrogen-bond donors (Lipinski definition) is 1. The standard InChI is InChI=1S/C16H18F2N4O/c1-11-19-5-6-22(11)15-13(3-2-4-20-15)10-21-14(23)7-12-8-16(17,18)9-12/h2-6,12H,7-10H2,1H3,(H,21,23). The van der Waals surface area contributed by atoms with Gasteiger partial charge in [-0.05, 0) is 18.9 Å². The minimum absolute atomic E-state index is 0.148. The summed E-state index contributed by atoms with van der Waals surface area (Å²) >= 11 is 0.